The van der Waals surface area contributed by atoms with Crippen molar-refractivity contribution in [1.29, 1.82) is 0 Å². The Morgan fingerprint density at radius 3 is 2.88 bits per heavy atom. The van der Waals surface area contributed by atoms with E-state index < -0.39 is 5.97 Å². The van der Waals surface area contributed by atoms with Crippen LogP contribution in [-0.2, 0) is 14.3 Å². The van der Waals surface area contributed by atoms with E-state index in [1.54, 1.807) is 17.4 Å². The molecule has 5 nitrogen and oxygen atoms in total. The number of fused-ring (bicyclic) bond motifs is 1. The molecule has 0 aliphatic rings. The standard InChI is InChI=1S/C18H16N2O3S2/c1-12(14-7-4-10-24-14)19-16(21)11-23-18(22)9-8-17-20-13-5-2-3-6-15(13)25-17/h2-10,12H,11H2,1H3,(H,19,21)/b9-8+/t12-/m0/s1. The van der Waals surface area contributed by atoms with E-state index in [0.717, 1.165) is 15.1 Å². The minimum Gasteiger partial charge on any atom is -0.452 e. The van der Waals surface area contributed by atoms with Crippen LogP contribution in [0, 0.1) is 0 Å². The lowest BCUT2D eigenvalue weighted by Crippen LogP contribution is -2.30. The molecule has 0 spiro atoms. The second-order valence-corrected chi connectivity index (χ2v) is 7.31. The van der Waals surface area contributed by atoms with Gasteiger partial charge in [0.25, 0.3) is 5.91 Å². The molecule has 0 saturated carbocycles. The molecule has 25 heavy (non-hydrogen) atoms. The van der Waals surface area contributed by atoms with E-state index in [1.807, 2.05) is 48.7 Å². The molecule has 0 unspecified atom stereocenters. The summed E-state index contributed by atoms with van der Waals surface area (Å²) in [6.07, 6.45) is 2.88. The monoisotopic (exact) mass is 372 g/mol. The number of aromatic nitrogens is 1. The van der Waals surface area contributed by atoms with Crippen LogP contribution in [0.15, 0.2) is 47.9 Å². The Labute approximate surface area is 153 Å². The minimum absolute atomic E-state index is 0.107. The van der Waals surface area contributed by atoms with E-state index >= 15 is 0 Å². The maximum absolute atomic E-state index is 11.8. The molecule has 3 aromatic rings. The van der Waals surface area contributed by atoms with Crippen molar-refractivity contribution in [2.45, 2.75) is 13.0 Å². The van der Waals surface area contributed by atoms with Gasteiger partial charge in [-0.15, -0.1) is 22.7 Å². The highest BCUT2D eigenvalue weighted by atomic mass is 32.1. The van der Waals surface area contributed by atoms with Crippen molar-refractivity contribution in [1.82, 2.24) is 10.3 Å². The van der Waals surface area contributed by atoms with E-state index in [-0.39, 0.29) is 18.6 Å². The molecule has 128 valence electrons. The Morgan fingerprint density at radius 2 is 2.12 bits per heavy atom. The lowest BCUT2D eigenvalue weighted by atomic mass is 10.3. The molecule has 1 aromatic carbocycles. The van der Waals surface area contributed by atoms with E-state index in [4.69, 9.17) is 4.74 Å². The van der Waals surface area contributed by atoms with Crippen molar-refractivity contribution in [2.24, 2.45) is 0 Å². The van der Waals surface area contributed by atoms with Gasteiger partial charge in [-0.3, -0.25) is 4.79 Å². The summed E-state index contributed by atoms with van der Waals surface area (Å²) in [7, 11) is 0. The number of hydrogen-bond donors (Lipinski definition) is 1. The zero-order valence-electron chi connectivity index (χ0n) is 13.5. The highest BCUT2D eigenvalue weighted by Crippen LogP contribution is 2.22. The van der Waals surface area contributed by atoms with E-state index in [9.17, 15) is 9.59 Å². The Hall–Kier alpha value is -2.51. The van der Waals surface area contributed by atoms with Crippen molar-refractivity contribution in [3.05, 3.63) is 57.7 Å². The fourth-order valence-corrected chi connectivity index (χ4v) is 3.78. The maximum atomic E-state index is 11.8. The number of amides is 1. The van der Waals surface area contributed by atoms with Gasteiger partial charge in [-0.25, -0.2) is 9.78 Å². The highest BCUT2D eigenvalue weighted by Gasteiger charge is 2.11. The van der Waals surface area contributed by atoms with Gasteiger partial charge < -0.3 is 10.1 Å². The second kappa shape index (κ2) is 8.04. The van der Waals surface area contributed by atoms with Crippen LogP contribution in [0.1, 0.15) is 22.9 Å². The first-order chi connectivity index (χ1) is 12.1. The van der Waals surface area contributed by atoms with Gasteiger partial charge in [0.1, 0.15) is 5.01 Å². The van der Waals surface area contributed by atoms with Crippen LogP contribution < -0.4 is 5.32 Å². The van der Waals surface area contributed by atoms with E-state index in [1.165, 1.54) is 17.4 Å². The van der Waals surface area contributed by atoms with Gasteiger partial charge in [0.05, 0.1) is 16.3 Å². The van der Waals surface area contributed by atoms with Gasteiger partial charge in [0, 0.05) is 11.0 Å². The third kappa shape index (κ3) is 4.74. The number of nitrogens with zero attached hydrogens (tertiary/aromatic N) is 1. The number of thiophene rings is 1. The minimum atomic E-state index is -0.571. The number of esters is 1. The summed E-state index contributed by atoms with van der Waals surface area (Å²) >= 11 is 3.05. The lowest BCUT2D eigenvalue weighted by Gasteiger charge is -2.11. The predicted molar refractivity (Wildman–Crippen MR) is 100 cm³/mol. The first-order valence-corrected chi connectivity index (χ1v) is 9.34. The van der Waals surface area contributed by atoms with Crippen molar-refractivity contribution in [3.63, 3.8) is 0 Å². The predicted octanol–water partition coefficient (Wildman–Crippen LogP) is 3.79. The number of nitrogens with one attached hydrogen (secondary N) is 1. The molecule has 1 N–H and O–H groups in total. The summed E-state index contributed by atoms with van der Waals surface area (Å²) in [6.45, 7) is 1.58. The molecule has 0 aliphatic heterocycles. The molecule has 1 atom stereocenters. The van der Waals surface area contributed by atoms with Gasteiger partial charge in [0.2, 0.25) is 0 Å². The Morgan fingerprint density at radius 1 is 1.28 bits per heavy atom. The second-order valence-electron chi connectivity index (χ2n) is 5.27. The maximum Gasteiger partial charge on any atom is 0.331 e. The molecule has 1 amide bonds. The summed E-state index contributed by atoms with van der Waals surface area (Å²) in [5.74, 6) is -0.902. The Bertz CT molecular complexity index is 867. The van der Waals surface area contributed by atoms with Gasteiger partial charge >= 0.3 is 5.97 Å². The quantitative estimate of drug-likeness (QED) is 0.528. The van der Waals surface area contributed by atoms with Crippen LogP contribution in [0.4, 0.5) is 0 Å². The average Bonchev–Trinajstić information content (AvgIpc) is 3.27. The molecule has 2 aromatic heterocycles. The van der Waals surface area contributed by atoms with Crippen molar-refractivity contribution < 1.29 is 14.3 Å². The summed E-state index contributed by atoms with van der Waals surface area (Å²) in [4.78, 5) is 29.0. The Balaban J connectivity index is 1.48. The summed E-state index contributed by atoms with van der Waals surface area (Å²) in [5.41, 5.74) is 0.891. The molecule has 7 heteroatoms. The summed E-state index contributed by atoms with van der Waals surface area (Å²) in [6, 6.07) is 11.5. The van der Waals surface area contributed by atoms with Gasteiger partial charge in [-0.1, -0.05) is 18.2 Å². The number of carbonyl (C=O) groups excluding carboxylic acids is 2. The number of thiazole rings is 1. The van der Waals surface area contributed by atoms with E-state index in [0.29, 0.717) is 5.01 Å². The number of para-hydroxylation sites is 1. The highest BCUT2D eigenvalue weighted by molar-refractivity contribution is 7.19. The fourth-order valence-electron chi connectivity index (χ4n) is 2.18. The van der Waals surface area contributed by atoms with Crippen molar-refractivity contribution in [2.75, 3.05) is 6.61 Å². The zero-order chi connectivity index (χ0) is 17.6. The molecule has 0 saturated heterocycles. The largest absolute Gasteiger partial charge is 0.452 e. The van der Waals surface area contributed by atoms with Crippen LogP contribution >= 0.6 is 22.7 Å². The van der Waals surface area contributed by atoms with Crippen LogP contribution in [-0.4, -0.2) is 23.5 Å². The number of ether oxygens (including phenoxy) is 1. The fraction of sp³-hybridized carbons (Fsp3) is 0.167. The lowest BCUT2D eigenvalue weighted by molar-refractivity contribution is -0.144. The summed E-state index contributed by atoms with van der Waals surface area (Å²) in [5, 5.41) is 5.45. The third-order valence-corrected chi connectivity index (χ3v) is 5.42. The first-order valence-electron chi connectivity index (χ1n) is 7.65. The third-order valence-electron chi connectivity index (χ3n) is 3.37. The molecule has 0 aliphatic carbocycles. The van der Waals surface area contributed by atoms with Crippen molar-refractivity contribution >= 4 is 50.8 Å². The number of carbonyl (C=O) groups is 2. The SMILES string of the molecule is C[C@H](NC(=O)COC(=O)/C=C/c1nc2ccccc2s1)c1cccs1. The topological polar surface area (TPSA) is 68.3 Å². The molecule has 0 radical (unpaired) electrons. The number of hydrogen-bond acceptors (Lipinski definition) is 6. The normalized spacial score (nSPS) is 12.4. The average molecular weight is 372 g/mol. The van der Waals surface area contributed by atoms with Crippen LogP contribution in [0.25, 0.3) is 16.3 Å². The molecular weight excluding hydrogens is 356 g/mol. The molecule has 3 rings (SSSR count). The van der Waals surface area contributed by atoms with Crippen molar-refractivity contribution in [3.8, 4) is 0 Å². The summed E-state index contributed by atoms with van der Waals surface area (Å²) < 4.78 is 6.01. The molecule has 2 heterocycles. The Kier molecular flexibility index (Phi) is 5.57. The molecule has 0 fully saturated rings. The number of benzene rings is 1. The van der Waals surface area contributed by atoms with E-state index in [2.05, 4.69) is 10.3 Å². The van der Waals surface area contributed by atoms with Crippen LogP contribution in [0.2, 0.25) is 0 Å². The smallest absolute Gasteiger partial charge is 0.331 e. The van der Waals surface area contributed by atoms with Gasteiger partial charge in [0.15, 0.2) is 6.61 Å². The van der Waals surface area contributed by atoms with Crippen LogP contribution in [0.5, 0.6) is 0 Å². The number of rotatable bonds is 6. The first kappa shape index (κ1) is 17.3. The molecule has 0 bridgehead atoms. The molecular formula is C18H16N2O3S2. The zero-order valence-corrected chi connectivity index (χ0v) is 15.1. The van der Waals surface area contributed by atoms with Crippen LogP contribution in [0.3, 0.4) is 0 Å². The van der Waals surface area contributed by atoms with Gasteiger partial charge in [-0.05, 0) is 36.6 Å². The van der Waals surface area contributed by atoms with Gasteiger partial charge in [-0.2, -0.15) is 0 Å².